The molecule has 0 atom stereocenters. The average molecular weight is 291 g/mol. The van der Waals surface area contributed by atoms with Gasteiger partial charge < -0.3 is 14.8 Å². The van der Waals surface area contributed by atoms with Gasteiger partial charge in [0.2, 0.25) is 5.91 Å². The van der Waals surface area contributed by atoms with E-state index in [1.54, 1.807) is 0 Å². The maximum atomic E-state index is 12.1. The molecule has 4 nitrogen and oxygen atoms in total. The Balaban J connectivity index is 1.84. The first-order valence-corrected chi connectivity index (χ1v) is 7.89. The molecule has 1 saturated carbocycles. The summed E-state index contributed by atoms with van der Waals surface area (Å²) in [5, 5.41) is 2.97. The van der Waals surface area contributed by atoms with E-state index >= 15 is 0 Å². The second-order valence-electron chi connectivity index (χ2n) is 5.44. The topological polar surface area (TPSA) is 47.6 Å². The van der Waals surface area contributed by atoms with Gasteiger partial charge in [-0.05, 0) is 37.8 Å². The number of hydrogen-bond donors (Lipinski definition) is 1. The minimum atomic E-state index is 0.0859. The number of nitrogens with one attached hydrogen (secondary N) is 1. The Labute approximate surface area is 126 Å². The Kier molecular flexibility index (Phi) is 6.54. The molecule has 1 N–H and O–H groups in total. The maximum absolute atomic E-state index is 12.1. The van der Waals surface area contributed by atoms with E-state index in [1.807, 2.05) is 31.2 Å². The van der Waals surface area contributed by atoms with Gasteiger partial charge in [0, 0.05) is 13.0 Å². The fraction of sp³-hybridized carbons (Fsp3) is 0.588. The first-order valence-electron chi connectivity index (χ1n) is 7.89. The summed E-state index contributed by atoms with van der Waals surface area (Å²) in [5.74, 6) is 1.34. The molecule has 0 aliphatic heterocycles. The third kappa shape index (κ3) is 5.38. The standard InChI is InChI=1S/C17H25NO3/c1-2-20-11-12-21-16-10-6-5-9-15(16)18-17(19)13-14-7-3-4-8-14/h5-6,9-10,14H,2-4,7-8,11-13H2,1H3,(H,18,19). The average Bonchev–Trinajstić information content (AvgIpc) is 2.98. The highest BCUT2D eigenvalue weighted by Gasteiger charge is 2.19. The number of amides is 1. The molecule has 2 rings (SSSR count). The molecule has 4 heteroatoms. The van der Waals surface area contributed by atoms with Crippen LogP contribution in [0, 0.1) is 5.92 Å². The number of para-hydroxylation sites is 2. The number of hydrogen-bond acceptors (Lipinski definition) is 3. The fourth-order valence-corrected chi connectivity index (χ4v) is 2.73. The summed E-state index contributed by atoms with van der Waals surface area (Å²) < 4.78 is 10.9. The molecule has 0 spiro atoms. The van der Waals surface area contributed by atoms with Crippen molar-refractivity contribution in [1.29, 1.82) is 0 Å². The van der Waals surface area contributed by atoms with E-state index in [0.717, 1.165) is 5.69 Å². The molecule has 0 unspecified atom stereocenters. The van der Waals surface area contributed by atoms with E-state index in [-0.39, 0.29) is 5.91 Å². The first-order chi connectivity index (χ1) is 10.3. The molecule has 116 valence electrons. The second-order valence-corrected chi connectivity index (χ2v) is 5.44. The SMILES string of the molecule is CCOCCOc1ccccc1NC(=O)CC1CCCC1. The zero-order valence-corrected chi connectivity index (χ0v) is 12.8. The van der Waals surface area contributed by atoms with E-state index in [9.17, 15) is 4.79 Å². The summed E-state index contributed by atoms with van der Waals surface area (Å²) in [4.78, 5) is 12.1. The van der Waals surface area contributed by atoms with Gasteiger partial charge in [0.15, 0.2) is 0 Å². The molecule has 1 aliphatic rings. The van der Waals surface area contributed by atoms with Crippen molar-refractivity contribution in [3.05, 3.63) is 24.3 Å². The van der Waals surface area contributed by atoms with Gasteiger partial charge in [-0.1, -0.05) is 25.0 Å². The number of ether oxygens (including phenoxy) is 2. The molecule has 0 aromatic heterocycles. The monoisotopic (exact) mass is 291 g/mol. The smallest absolute Gasteiger partial charge is 0.224 e. The van der Waals surface area contributed by atoms with Crippen LogP contribution in [0.15, 0.2) is 24.3 Å². The van der Waals surface area contributed by atoms with E-state index < -0.39 is 0 Å². The van der Waals surface area contributed by atoms with Crippen molar-refractivity contribution in [2.24, 2.45) is 5.92 Å². The summed E-state index contributed by atoms with van der Waals surface area (Å²) in [6.07, 6.45) is 5.50. The van der Waals surface area contributed by atoms with Crippen LogP contribution in [0.1, 0.15) is 39.0 Å². The largest absolute Gasteiger partial charge is 0.489 e. The van der Waals surface area contributed by atoms with Crippen molar-refractivity contribution in [2.45, 2.75) is 39.0 Å². The third-order valence-electron chi connectivity index (χ3n) is 3.80. The predicted molar refractivity (Wildman–Crippen MR) is 83.6 cm³/mol. The lowest BCUT2D eigenvalue weighted by atomic mass is 10.0. The van der Waals surface area contributed by atoms with Crippen LogP contribution < -0.4 is 10.1 Å². The van der Waals surface area contributed by atoms with Crippen molar-refractivity contribution in [3.8, 4) is 5.75 Å². The summed E-state index contributed by atoms with van der Waals surface area (Å²) in [6, 6.07) is 7.56. The van der Waals surface area contributed by atoms with Crippen LogP contribution >= 0.6 is 0 Å². The molecule has 1 aliphatic carbocycles. The number of anilines is 1. The third-order valence-corrected chi connectivity index (χ3v) is 3.80. The molecule has 0 heterocycles. The zero-order valence-electron chi connectivity index (χ0n) is 12.8. The van der Waals surface area contributed by atoms with E-state index in [1.165, 1.54) is 25.7 Å². The number of benzene rings is 1. The lowest BCUT2D eigenvalue weighted by Gasteiger charge is -2.14. The minimum Gasteiger partial charge on any atom is -0.489 e. The van der Waals surface area contributed by atoms with Gasteiger partial charge in [0.25, 0.3) is 0 Å². The number of carbonyl (C=O) groups is 1. The minimum absolute atomic E-state index is 0.0859. The molecule has 21 heavy (non-hydrogen) atoms. The van der Waals surface area contributed by atoms with Crippen LogP contribution in [0.25, 0.3) is 0 Å². The van der Waals surface area contributed by atoms with Crippen LogP contribution in [-0.4, -0.2) is 25.7 Å². The molecule has 1 amide bonds. The molecule has 0 bridgehead atoms. The molecule has 0 saturated heterocycles. The molecular weight excluding hydrogens is 266 g/mol. The first kappa shape index (κ1) is 15.8. The van der Waals surface area contributed by atoms with Crippen molar-refractivity contribution in [3.63, 3.8) is 0 Å². The zero-order chi connectivity index (χ0) is 14.9. The van der Waals surface area contributed by atoms with Gasteiger partial charge in [-0.25, -0.2) is 0 Å². The van der Waals surface area contributed by atoms with E-state index in [4.69, 9.17) is 9.47 Å². The van der Waals surface area contributed by atoms with Gasteiger partial charge in [-0.15, -0.1) is 0 Å². The maximum Gasteiger partial charge on any atom is 0.224 e. The highest BCUT2D eigenvalue weighted by atomic mass is 16.5. The van der Waals surface area contributed by atoms with Gasteiger partial charge in [0.1, 0.15) is 12.4 Å². The second kappa shape index (κ2) is 8.67. The van der Waals surface area contributed by atoms with Crippen molar-refractivity contribution in [2.75, 3.05) is 25.1 Å². The Hall–Kier alpha value is -1.55. The summed E-state index contributed by atoms with van der Waals surface area (Å²) >= 11 is 0. The summed E-state index contributed by atoms with van der Waals surface area (Å²) in [7, 11) is 0. The Morgan fingerprint density at radius 1 is 1.24 bits per heavy atom. The van der Waals surface area contributed by atoms with Crippen LogP contribution in [-0.2, 0) is 9.53 Å². The van der Waals surface area contributed by atoms with Crippen molar-refractivity contribution < 1.29 is 14.3 Å². The molecule has 1 aromatic carbocycles. The highest BCUT2D eigenvalue weighted by Crippen LogP contribution is 2.29. The van der Waals surface area contributed by atoms with Crippen LogP contribution in [0.5, 0.6) is 5.75 Å². The molecule has 0 radical (unpaired) electrons. The van der Waals surface area contributed by atoms with E-state index in [2.05, 4.69) is 5.32 Å². The normalized spacial score (nSPS) is 15.1. The van der Waals surface area contributed by atoms with Crippen LogP contribution in [0.2, 0.25) is 0 Å². The predicted octanol–water partition coefficient (Wildman–Crippen LogP) is 3.62. The van der Waals surface area contributed by atoms with Crippen LogP contribution in [0.3, 0.4) is 0 Å². The van der Waals surface area contributed by atoms with Gasteiger partial charge >= 0.3 is 0 Å². The van der Waals surface area contributed by atoms with Gasteiger partial charge in [-0.2, -0.15) is 0 Å². The van der Waals surface area contributed by atoms with Crippen LogP contribution in [0.4, 0.5) is 5.69 Å². The van der Waals surface area contributed by atoms with Gasteiger partial charge in [-0.3, -0.25) is 4.79 Å². The quantitative estimate of drug-likeness (QED) is 0.744. The lowest BCUT2D eigenvalue weighted by molar-refractivity contribution is -0.117. The molecule has 1 aromatic rings. The van der Waals surface area contributed by atoms with E-state index in [0.29, 0.717) is 37.9 Å². The van der Waals surface area contributed by atoms with Gasteiger partial charge in [0.05, 0.1) is 12.3 Å². The van der Waals surface area contributed by atoms with Crippen molar-refractivity contribution in [1.82, 2.24) is 0 Å². The molecular formula is C17H25NO3. The highest BCUT2D eigenvalue weighted by molar-refractivity contribution is 5.92. The summed E-state index contributed by atoms with van der Waals surface area (Å²) in [5.41, 5.74) is 0.747. The Morgan fingerprint density at radius 2 is 2.00 bits per heavy atom. The molecule has 1 fully saturated rings. The number of rotatable bonds is 8. The Bertz CT molecular complexity index is 441. The fourth-order valence-electron chi connectivity index (χ4n) is 2.73. The summed E-state index contributed by atoms with van der Waals surface area (Å²) in [6.45, 7) is 3.69. The Morgan fingerprint density at radius 3 is 2.76 bits per heavy atom. The number of carbonyl (C=O) groups excluding carboxylic acids is 1. The lowest BCUT2D eigenvalue weighted by Crippen LogP contribution is -2.16. The van der Waals surface area contributed by atoms with Crippen molar-refractivity contribution >= 4 is 11.6 Å².